The zero-order chi connectivity index (χ0) is 15.0. The maximum atomic E-state index is 11.9. The summed E-state index contributed by atoms with van der Waals surface area (Å²) in [5.74, 6) is 0.0411. The Morgan fingerprint density at radius 2 is 2.00 bits per heavy atom. The topological polar surface area (TPSA) is 64.3 Å². The van der Waals surface area contributed by atoms with Crippen LogP contribution in [0, 0.1) is 0 Å². The number of ether oxygens (including phenoxy) is 1. The molecular formula is C13H17F3N2O2. The van der Waals surface area contributed by atoms with E-state index in [1.54, 1.807) is 24.3 Å². The summed E-state index contributed by atoms with van der Waals surface area (Å²) >= 11 is 0. The molecule has 112 valence electrons. The summed E-state index contributed by atoms with van der Waals surface area (Å²) in [4.78, 5) is 11.4. The molecule has 4 nitrogen and oxygen atoms in total. The molecule has 20 heavy (non-hydrogen) atoms. The van der Waals surface area contributed by atoms with Gasteiger partial charge >= 0.3 is 6.18 Å². The third kappa shape index (κ3) is 6.42. The van der Waals surface area contributed by atoms with Gasteiger partial charge < -0.3 is 15.8 Å². The normalized spacial score (nSPS) is 11.2. The lowest BCUT2D eigenvalue weighted by molar-refractivity contribution is -0.136. The molecule has 0 aromatic heterocycles. The first-order valence-electron chi connectivity index (χ1n) is 6.16. The molecule has 0 radical (unpaired) electrons. The van der Waals surface area contributed by atoms with Crippen LogP contribution in [-0.4, -0.2) is 25.2 Å². The molecule has 7 heteroatoms. The summed E-state index contributed by atoms with van der Waals surface area (Å²) in [5.41, 5.74) is 6.27. The molecule has 1 amide bonds. The maximum Gasteiger partial charge on any atom is 0.389 e. The summed E-state index contributed by atoms with van der Waals surface area (Å²) in [6.45, 7) is 0.00659. The molecule has 0 atom stereocenters. The average Bonchev–Trinajstić information content (AvgIpc) is 2.40. The van der Waals surface area contributed by atoms with Gasteiger partial charge in [0.1, 0.15) is 5.75 Å². The largest absolute Gasteiger partial charge is 0.483 e. The Balaban J connectivity index is 2.26. The van der Waals surface area contributed by atoms with E-state index in [0.717, 1.165) is 5.56 Å². The van der Waals surface area contributed by atoms with Crippen molar-refractivity contribution in [3.8, 4) is 5.75 Å². The van der Waals surface area contributed by atoms with Gasteiger partial charge in [0, 0.05) is 25.1 Å². The number of para-hydroxylation sites is 1. The molecule has 0 bridgehead atoms. The Morgan fingerprint density at radius 3 is 2.65 bits per heavy atom. The van der Waals surface area contributed by atoms with Crippen LogP contribution in [0.5, 0.6) is 5.75 Å². The predicted molar refractivity (Wildman–Crippen MR) is 68.1 cm³/mol. The van der Waals surface area contributed by atoms with Crippen LogP contribution in [0.1, 0.15) is 18.4 Å². The van der Waals surface area contributed by atoms with E-state index in [1.165, 1.54) is 0 Å². The lowest BCUT2D eigenvalue weighted by Gasteiger charge is -2.10. The van der Waals surface area contributed by atoms with E-state index in [2.05, 4.69) is 5.32 Å². The van der Waals surface area contributed by atoms with Gasteiger partial charge in [0.15, 0.2) is 6.61 Å². The van der Waals surface area contributed by atoms with Gasteiger partial charge in [-0.1, -0.05) is 18.2 Å². The number of halogens is 3. The molecule has 0 unspecified atom stereocenters. The van der Waals surface area contributed by atoms with Gasteiger partial charge in [-0.25, -0.2) is 0 Å². The first-order valence-corrected chi connectivity index (χ1v) is 6.16. The van der Waals surface area contributed by atoms with Crippen LogP contribution in [0.15, 0.2) is 24.3 Å². The van der Waals surface area contributed by atoms with Crippen LogP contribution in [0.4, 0.5) is 13.2 Å². The second kappa shape index (κ2) is 7.74. The number of hydrogen-bond donors (Lipinski definition) is 2. The second-order valence-electron chi connectivity index (χ2n) is 4.17. The number of rotatable bonds is 7. The Hall–Kier alpha value is -1.76. The molecule has 0 saturated heterocycles. The molecule has 1 aromatic rings. The minimum absolute atomic E-state index is 0.0275. The standard InChI is InChI=1S/C13H17F3N2O2/c14-13(15,16)6-3-7-18-12(19)9-20-11-5-2-1-4-10(11)8-17/h1-2,4-5H,3,6-9,17H2,(H,18,19). The summed E-state index contributed by atoms with van der Waals surface area (Å²) in [6.07, 6.45) is -5.25. The van der Waals surface area contributed by atoms with Crippen LogP contribution in [0.25, 0.3) is 0 Å². The summed E-state index contributed by atoms with van der Waals surface area (Å²) in [7, 11) is 0. The fourth-order valence-corrected chi connectivity index (χ4v) is 1.52. The summed E-state index contributed by atoms with van der Waals surface area (Å²) < 4.78 is 40.9. The van der Waals surface area contributed by atoms with E-state index >= 15 is 0 Å². The minimum atomic E-state index is -4.19. The van der Waals surface area contributed by atoms with E-state index in [1.807, 2.05) is 0 Å². The zero-order valence-electron chi connectivity index (χ0n) is 10.9. The van der Waals surface area contributed by atoms with Crippen molar-refractivity contribution in [2.75, 3.05) is 13.2 Å². The van der Waals surface area contributed by atoms with Crippen molar-refractivity contribution in [1.82, 2.24) is 5.32 Å². The van der Waals surface area contributed by atoms with Crippen molar-refractivity contribution in [2.24, 2.45) is 5.73 Å². The molecule has 0 aliphatic carbocycles. The quantitative estimate of drug-likeness (QED) is 0.755. The summed E-state index contributed by atoms with van der Waals surface area (Å²) in [5, 5.41) is 2.37. The monoisotopic (exact) mass is 290 g/mol. The first-order chi connectivity index (χ1) is 9.42. The first kappa shape index (κ1) is 16.3. The second-order valence-corrected chi connectivity index (χ2v) is 4.17. The molecule has 0 heterocycles. The third-order valence-electron chi connectivity index (χ3n) is 2.51. The fraction of sp³-hybridized carbons (Fsp3) is 0.462. The SMILES string of the molecule is NCc1ccccc1OCC(=O)NCCCC(F)(F)F. The molecule has 0 spiro atoms. The minimum Gasteiger partial charge on any atom is -0.483 e. The molecule has 1 aromatic carbocycles. The number of carbonyl (C=O) groups excluding carboxylic acids is 1. The molecule has 0 aliphatic heterocycles. The Morgan fingerprint density at radius 1 is 1.30 bits per heavy atom. The molecule has 3 N–H and O–H groups in total. The highest BCUT2D eigenvalue weighted by Crippen LogP contribution is 2.20. The van der Waals surface area contributed by atoms with Crippen LogP contribution in [0.3, 0.4) is 0 Å². The van der Waals surface area contributed by atoms with Crippen molar-refractivity contribution in [3.05, 3.63) is 29.8 Å². The highest BCUT2D eigenvalue weighted by atomic mass is 19.4. The highest BCUT2D eigenvalue weighted by molar-refractivity contribution is 5.77. The van der Waals surface area contributed by atoms with Crippen molar-refractivity contribution in [1.29, 1.82) is 0 Å². The van der Waals surface area contributed by atoms with E-state index in [9.17, 15) is 18.0 Å². The van der Waals surface area contributed by atoms with Gasteiger partial charge in [-0.2, -0.15) is 13.2 Å². The fourth-order valence-electron chi connectivity index (χ4n) is 1.52. The Kier molecular flexibility index (Phi) is 6.30. The number of nitrogens with two attached hydrogens (primary N) is 1. The van der Waals surface area contributed by atoms with Crippen LogP contribution in [-0.2, 0) is 11.3 Å². The van der Waals surface area contributed by atoms with Crippen molar-refractivity contribution >= 4 is 5.91 Å². The highest BCUT2D eigenvalue weighted by Gasteiger charge is 2.25. The molecule has 0 aliphatic rings. The maximum absolute atomic E-state index is 11.9. The van der Waals surface area contributed by atoms with Crippen LogP contribution >= 0.6 is 0 Å². The number of carbonyl (C=O) groups is 1. The van der Waals surface area contributed by atoms with E-state index in [4.69, 9.17) is 10.5 Å². The lowest BCUT2D eigenvalue weighted by atomic mass is 10.2. The molecule has 0 saturated carbocycles. The number of alkyl halides is 3. The zero-order valence-corrected chi connectivity index (χ0v) is 10.9. The molecule has 0 fully saturated rings. The van der Waals surface area contributed by atoms with Gasteiger partial charge in [-0.15, -0.1) is 0 Å². The number of amides is 1. The average molecular weight is 290 g/mol. The van der Waals surface area contributed by atoms with Crippen molar-refractivity contribution in [2.45, 2.75) is 25.6 Å². The smallest absolute Gasteiger partial charge is 0.389 e. The van der Waals surface area contributed by atoms with Crippen LogP contribution in [0.2, 0.25) is 0 Å². The Bertz CT molecular complexity index is 436. The van der Waals surface area contributed by atoms with Gasteiger partial charge in [0.2, 0.25) is 0 Å². The number of nitrogens with one attached hydrogen (secondary N) is 1. The van der Waals surface area contributed by atoms with Gasteiger partial charge in [0.05, 0.1) is 0 Å². The van der Waals surface area contributed by atoms with E-state index < -0.39 is 18.5 Å². The number of hydrogen-bond acceptors (Lipinski definition) is 3. The summed E-state index contributed by atoms with van der Waals surface area (Å²) in [6, 6.07) is 7.00. The molecule has 1 rings (SSSR count). The van der Waals surface area contributed by atoms with Gasteiger partial charge in [0.25, 0.3) is 5.91 Å². The van der Waals surface area contributed by atoms with Crippen molar-refractivity contribution < 1.29 is 22.7 Å². The third-order valence-corrected chi connectivity index (χ3v) is 2.51. The number of benzene rings is 1. The van der Waals surface area contributed by atoms with Gasteiger partial charge in [-0.3, -0.25) is 4.79 Å². The van der Waals surface area contributed by atoms with Crippen molar-refractivity contribution in [3.63, 3.8) is 0 Å². The van der Waals surface area contributed by atoms with E-state index in [-0.39, 0.29) is 26.1 Å². The molecular weight excluding hydrogens is 273 g/mol. The van der Waals surface area contributed by atoms with Crippen LogP contribution < -0.4 is 15.8 Å². The van der Waals surface area contributed by atoms with Gasteiger partial charge in [-0.05, 0) is 12.5 Å². The lowest BCUT2D eigenvalue weighted by Crippen LogP contribution is -2.30. The van der Waals surface area contributed by atoms with E-state index in [0.29, 0.717) is 5.75 Å². The predicted octanol–water partition coefficient (Wildman–Crippen LogP) is 1.98. The Labute approximate surface area is 115 Å².